The minimum atomic E-state index is -4.90. The van der Waals surface area contributed by atoms with Gasteiger partial charge >= 0.3 is 12.1 Å². The van der Waals surface area contributed by atoms with E-state index in [-0.39, 0.29) is 12.3 Å². The Morgan fingerprint density at radius 3 is 2.52 bits per heavy atom. The Balaban J connectivity index is 2.02. The molecule has 1 N–H and O–H groups in total. The topological polar surface area (TPSA) is 57.6 Å². The molecule has 23 heavy (non-hydrogen) atoms. The van der Waals surface area contributed by atoms with Crippen molar-refractivity contribution in [2.45, 2.75) is 17.5 Å². The number of amides is 1. The van der Waals surface area contributed by atoms with Crippen molar-refractivity contribution in [1.29, 1.82) is 0 Å². The maximum atomic E-state index is 13.1. The maximum Gasteiger partial charge on any atom is 0.406 e. The van der Waals surface area contributed by atoms with Gasteiger partial charge in [0.15, 0.2) is 5.41 Å². The zero-order valence-corrected chi connectivity index (χ0v) is 13.3. The molecule has 0 aromatic heterocycles. The minimum absolute atomic E-state index is 0.0999. The Labute approximate surface area is 139 Å². The first-order chi connectivity index (χ1) is 10.7. The van der Waals surface area contributed by atoms with Gasteiger partial charge < -0.3 is 10.0 Å². The number of aliphatic carboxylic acids is 1. The highest BCUT2D eigenvalue weighted by atomic mass is 35.5. The van der Waals surface area contributed by atoms with E-state index in [1.807, 2.05) is 0 Å². The molecule has 1 amide bonds. The lowest BCUT2D eigenvalue weighted by Crippen LogP contribution is -2.47. The highest BCUT2D eigenvalue weighted by Gasteiger charge is 2.64. The molecule has 9 heteroatoms. The summed E-state index contributed by atoms with van der Waals surface area (Å²) < 4.78 is 39.2. The third-order valence-electron chi connectivity index (χ3n) is 3.76. The number of nitrogens with zero attached hydrogens (tertiary/aromatic N) is 1. The van der Waals surface area contributed by atoms with Gasteiger partial charge in [-0.05, 0) is 18.6 Å². The van der Waals surface area contributed by atoms with Crippen LogP contribution in [0.3, 0.4) is 0 Å². The van der Waals surface area contributed by atoms with Gasteiger partial charge in [-0.3, -0.25) is 9.59 Å². The second-order valence-electron chi connectivity index (χ2n) is 5.17. The van der Waals surface area contributed by atoms with Crippen molar-refractivity contribution in [3.05, 3.63) is 29.3 Å². The molecular weight excluding hydrogens is 355 g/mol. The third kappa shape index (κ3) is 3.58. The van der Waals surface area contributed by atoms with Crippen LogP contribution in [0.5, 0.6) is 0 Å². The summed E-state index contributed by atoms with van der Waals surface area (Å²) in [5.41, 5.74) is -2.88. The molecule has 1 unspecified atom stereocenters. The van der Waals surface area contributed by atoms with E-state index < -0.39 is 36.4 Å². The second-order valence-corrected chi connectivity index (χ2v) is 6.59. The van der Waals surface area contributed by atoms with Crippen molar-refractivity contribution in [2.75, 3.05) is 18.8 Å². The number of carboxylic acids is 1. The van der Waals surface area contributed by atoms with Gasteiger partial charge in [0.2, 0.25) is 5.91 Å². The lowest BCUT2D eigenvalue weighted by molar-refractivity contribution is -0.227. The zero-order chi connectivity index (χ0) is 17.3. The smallest absolute Gasteiger partial charge is 0.406 e. The van der Waals surface area contributed by atoms with Gasteiger partial charge in [0.05, 0.1) is 10.8 Å². The number of hydrogen-bond acceptors (Lipinski definition) is 3. The van der Waals surface area contributed by atoms with E-state index in [0.717, 1.165) is 16.7 Å². The summed E-state index contributed by atoms with van der Waals surface area (Å²) in [4.78, 5) is 24.7. The number of carbonyl (C=O) groups excluding carboxylic acids is 1. The molecule has 1 aromatic carbocycles. The van der Waals surface area contributed by atoms with Crippen LogP contribution in [0.1, 0.15) is 6.42 Å². The zero-order valence-electron chi connectivity index (χ0n) is 11.8. The van der Waals surface area contributed by atoms with Gasteiger partial charge in [-0.2, -0.15) is 13.2 Å². The van der Waals surface area contributed by atoms with E-state index >= 15 is 0 Å². The number of hydrogen-bond donors (Lipinski definition) is 1. The number of carbonyl (C=O) groups is 2. The molecule has 0 saturated carbocycles. The predicted molar refractivity (Wildman–Crippen MR) is 79.5 cm³/mol. The van der Waals surface area contributed by atoms with Gasteiger partial charge in [-0.25, -0.2) is 0 Å². The molecule has 1 aliphatic heterocycles. The molecule has 126 valence electrons. The van der Waals surface area contributed by atoms with E-state index in [4.69, 9.17) is 16.7 Å². The molecule has 1 saturated heterocycles. The standard InChI is InChI=1S/C14H13ClF3NO3S/c15-9-3-1-2-4-10(9)23-7-11(20)19-6-5-13(8-19,12(21)22)14(16,17)18/h1-4H,5-8H2,(H,21,22). The van der Waals surface area contributed by atoms with E-state index in [0.29, 0.717) is 9.92 Å². The second kappa shape index (κ2) is 6.60. The van der Waals surface area contributed by atoms with Crippen LogP contribution in [-0.2, 0) is 9.59 Å². The van der Waals surface area contributed by atoms with Crippen LogP contribution in [0.4, 0.5) is 13.2 Å². The molecule has 1 aromatic rings. The van der Waals surface area contributed by atoms with Crippen LogP contribution in [0.25, 0.3) is 0 Å². The first kappa shape index (κ1) is 17.9. The van der Waals surface area contributed by atoms with Crippen LogP contribution in [0.15, 0.2) is 29.2 Å². The monoisotopic (exact) mass is 367 g/mol. The summed E-state index contributed by atoms with van der Waals surface area (Å²) in [5, 5.41) is 9.41. The predicted octanol–water partition coefficient (Wildman–Crippen LogP) is 3.30. The summed E-state index contributed by atoms with van der Waals surface area (Å²) in [5.74, 6) is -2.58. The third-order valence-corrected chi connectivity index (χ3v) is 5.26. The highest BCUT2D eigenvalue weighted by molar-refractivity contribution is 8.00. The van der Waals surface area contributed by atoms with Gasteiger partial charge in [0.1, 0.15) is 0 Å². The summed E-state index contributed by atoms with van der Waals surface area (Å²) in [7, 11) is 0. The van der Waals surface area contributed by atoms with Gasteiger partial charge in [0.25, 0.3) is 0 Å². The molecule has 4 nitrogen and oxygen atoms in total. The maximum absolute atomic E-state index is 13.1. The molecule has 0 aliphatic carbocycles. The molecule has 0 radical (unpaired) electrons. The summed E-state index contributed by atoms with van der Waals surface area (Å²) in [6, 6.07) is 6.79. The first-order valence-corrected chi connectivity index (χ1v) is 7.99. The molecule has 1 atom stereocenters. The molecule has 1 heterocycles. The van der Waals surface area contributed by atoms with Crippen LogP contribution in [-0.4, -0.2) is 46.9 Å². The highest BCUT2D eigenvalue weighted by Crippen LogP contribution is 2.45. The van der Waals surface area contributed by atoms with Gasteiger partial charge in [-0.1, -0.05) is 23.7 Å². The Morgan fingerprint density at radius 2 is 2.00 bits per heavy atom. The van der Waals surface area contributed by atoms with Crippen molar-refractivity contribution < 1.29 is 27.9 Å². The van der Waals surface area contributed by atoms with Crippen molar-refractivity contribution >= 4 is 35.2 Å². The average Bonchev–Trinajstić information content (AvgIpc) is 2.92. The molecule has 0 bridgehead atoms. The van der Waals surface area contributed by atoms with Crippen molar-refractivity contribution in [3.8, 4) is 0 Å². The number of benzene rings is 1. The fraction of sp³-hybridized carbons (Fsp3) is 0.429. The molecular formula is C14H13ClF3NO3S. The van der Waals surface area contributed by atoms with E-state index in [2.05, 4.69) is 0 Å². The van der Waals surface area contributed by atoms with Crippen molar-refractivity contribution in [3.63, 3.8) is 0 Å². The molecule has 1 aliphatic rings. The SMILES string of the molecule is O=C(CSc1ccccc1Cl)N1CCC(C(=O)O)(C(F)(F)F)C1. The molecule has 0 spiro atoms. The fourth-order valence-corrected chi connectivity index (χ4v) is 3.48. The Morgan fingerprint density at radius 1 is 1.35 bits per heavy atom. The largest absolute Gasteiger partial charge is 0.481 e. The summed E-state index contributed by atoms with van der Waals surface area (Å²) in [6.07, 6.45) is -5.53. The average molecular weight is 368 g/mol. The number of thioether (sulfide) groups is 1. The van der Waals surface area contributed by atoms with Gasteiger partial charge in [-0.15, -0.1) is 11.8 Å². The first-order valence-electron chi connectivity index (χ1n) is 6.62. The van der Waals surface area contributed by atoms with Crippen LogP contribution in [0.2, 0.25) is 5.02 Å². The number of alkyl halides is 3. The van der Waals surface area contributed by atoms with E-state index in [1.54, 1.807) is 24.3 Å². The minimum Gasteiger partial charge on any atom is -0.481 e. The Bertz CT molecular complexity index is 626. The lowest BCUT2D eigenvalue weighted by Gasteiger charge is -2.27. The number of rotatable bonds is 4. The number of carboxylic acid groups (broad SMARTS) is 1. The molecule has 2 rings (SSSR count). The van der Waals surface area contributed by atoms with Crippen LogP contribution >= 0.6 is 23.4 Å². The normalized spacial score (nSPS) is 21.5. The molecule has 1 fully saturated rings. The number of likely N-dealkylation sites (tertiary alicyclic amines) is 1. The van der Waals surface area contributed by atoms with Crippen molar-refractivity contribution in [2.24, 2.45) is 5.41 Å². The van der Waals surface area contributed by atoms with Gasteiger partial charge in [0, 0.05) is 18.0 Å². The summed E-state index contributed by atoms with van der Waals surface area (Å²) in [6.45, 7) is -1.08. The fourth-order valence-electron chi connectivity index (χ4n) is 2.34. The summed E-state index contributed by atoms with van der Waals surface area (Å²) >= 11 is 7.05. The lowest BCUT2D eigenvalue weighted by atomic mass is 9.86. The van der Waals surface area contributed by atoms with Crippen molar-refractivity contribution in [1.82, 2.24) is 4.90 Å². The van der Waals surface area contributed by atoms with Crippen LogP contribution in [0, 0.1) is 5.41 Å². The Hall–Kier alpha value is -1.41. The quantitative estimate of drug-likeness (QED) is 0.830. The van der Waals surface area contributed by atoms with E-state index in [9.17, 15) is 22.8 Å². The number of halogens is 4. The van der Waals surface area contributed by atoms with Crippen LogP contribution < -0.4 is 0 Å². The van der Waals surface area contributed by atoms with E-state index in [1.165, 1.54) is 0 Å². The Kier molecular flexibility index (Phi) is 5.15.